The second-order valence-electron chi connectivity index (χ2n) is 4.59. The molecule has 2 heteroatoms. The van der Waals surface area contributed by atoms with E-state index in [0.29, 0.717) is 5.38 Å². The lowest BCUT2D eigenvalue weighted by molar-refractivity contribution is 0.408. The van der Waals surface area contributed by atoms with Crippen LogP contribution in [0.25, 0.3) is 0 Å². The Kier molecular flexibility index (Phi) is 6.43. The first kappa shape index (κ1) is 14.4. The molecule has 0 aromatic heterocycles. The van der Waals surface area contributed by atoms with Crippen molar-refractivity contribution in [1.29, 1.82) is 0 Å². The highest BCUT2D eigenvalue weighted by atomic mass is 35.5. The molecule has 0 spiro atoms. The van der Waals surface area contributed by atoms with Crippen LogP contribution >= 0.6 is 11.6 Å². The molecule has 1 aromatic rings. The van der Waals surface area contributed by atoms with Crippen molar-refractivity contribution in [2.24, 2.45) is 0 Å². The van der Waals surface area contributed by atoms with Crippen molar-refractivity contribution in [3.8, 4) is 5.75 Å². The Morgan fingerprint density at radius 2 is 2.06 bits per heavy atom. The van der Waals surface area contributed by atoms with E-state index < -0.39 is 0 Å². The number of rotatable bonds is 7. The van der Waals surface area contributed by atoms with Gasteiger partial charge in [0, 0.05) is 5.38 Å². The first-order chi connectivity index (χ1) is 8.17. The van der Waals surface area contributed by atoms with E-state index >= 15 is 0 Å². The summed E-state index contributed by atoms with van der Waals surface area (Å²) in [7, 11) is 1.73. The third-order valence-electron chi connectivity index (χ3n) is 3.00. The summed E-state index contributed by atoms with van der Waals surface area (Å²) in [6.07, 6.45) is 5.56. The second-order valence-corrected chi connectivity index (χ2v) is 5.21. The monoisotopic (exact) mass is 254 g/mol. The maximum Gasteiger partial charge on any atom is 0.122 e. The van der Waals surface area contributed by atoms with Crippen LogP contribution in [0.3, 0.4) is 0 Å². The Morgan fingerprint density at radius 1 is 1.29 bits per heavy atom. The van der Waals surface area contributed by atoms with Crippen LogP contribution in [0.1, 0.15) is 43.7 Å². The quantitative estimate of drug-likeness (QED) is 0.639. The summed E-state index contributed by atoms with van der Waals surface area (Å²) >= 11 is 6.22. The predicted molar refractivity (Wildman–Crippen MR) is 75.2 cm³/mol. The zero-order chi connectivity index (χ0) is 12.7. The normalized spacial score (nSPS) is 12.5. The van der Waals surface area contributed by atoms with Gasteiger partial charge in [0.2, 0.25) is 0 Å². The second kappa shape index (κ2) is 7.60. The van der Waals surface area contributed by atoms with Gasteiger partial charge < -0.3 is 4.74 Å². The molecule has 96 valence electrons. The maximum absolute atomic E-state index is 6.22. The third-order valence-corrected chi connectivity index (χ3v) is 3.44. The van der Waals surface area contributed by atoms with Gasteiger partial charge in [0.25, 0.3) is 0 Å². The number of methoxy groups -OCH3 is 1. The van der Waals surface area contributed by atoms with Gasteiger partial charge in [0.05, 0.1) is 7.11 Å². The first-order valence-electron chi connectivity index (χ1n) is 6.45. The molecule has 1 aromatic carbocycles. The molecule has 17 heavy (non-hydrogen) atoms. The highest BCUT2D eigenvalue weighted by Crippen LogP contribution is 2.23. The van der Waals surface area contributed by atoms with Crippen molar-refractivity contribution in [2.75, 3.05) is 7.11 Å². The molecule has 0 amide bonds. The minimum atomic E-state index is 0.329. The largest absolute Gasteiger partial charge is 0.496 e. The minimum Gasteiger partial charge on any atom is -0.496 e. The van der Waals surface area contributed by atoms with Crippen LogP contribution in [0.2, 0.25) is 0 Å². The van der Waals surface area contributed by atoms with Gasteiger partial charge in [0.1, 0.15) is 5.75 Å². The Labute approximate surface area is 110 Å². The molecule has 0 aliphatic rings. The third kappa shape index (κ3) is 4.99. The van der Waals surface area contributed by atoms with Crippen LogP contribution in [0.4, 0.5) is 0 Å². The summed E-state index contributed by atoms with van der Waals surface area (Å²) in [5.41, 5.74) is 2.59. The lowest BCUT2D eigenvalue weighted by atomic mass is 10.0. The lowest BCUT2D eigenvalue weighted by Crippen LogP contribution is -2.00. The van der Waals surface area contributed by atoms with Crippen molar-refractivity contribution < 1.29 is 4.74 Å². The first-order valence-corrected chi connectivity index (χ1v) is 6.88. The standard InChI is InChI=1S/C15H23ClO/c1-4-6-14(16)8-5-7-13-11-12(2)9-10-15(13)17-3/h9-11,14H,4-8H2,1-3H3. The van der Waals surface area contributed by atoms with E-state index in [9.17, 15) is 0 Å². The minimum absolute atomic E-state index is 0.329. The van der Waals surface area contributed by atoms with Gasteiger partial charge in [-0.25, -0.2) is 0 Å². The molecule has 0 heterocycles. The Hall–Kier alpha value is -0.690. The fourth-order valence-corrected chi connectivity index (χ4v) is 2.45. The van der Waals surface area contributed by atoms with Crippen LogP contribution in [-0.2, 0) is 6.42 Å². The van der Waals surface area contributed by atoms with Gasteiger partial charge in [0.15, 0.2) is 0 Å². The molecule has 0 saturated heterocycles. The molecule has 0 N–H and O–H groups in total. The zero-order valence-electron chi connectivity index (χ0n) is 11.1. The van der Waals surface area contributed by atoms with E-state index in [-0.39, 0.29) is 0 Å². The molecule has 1 rings (SSSR count). The van der Waals surface area contributed by atoms with Gasteiger partial charge in [-0.1, -0.05) is 31.0 Å². The molecule has 0 radical (unpaired) electrons. The molecule has 0 aliphatic carbocycles. The summed E-state index contributed by atoms with van der Waals surface area (Å²) in [5, 5.41) is 0.329. The number of halogens is 1. The topological polar surface area (TPSA) is 9.23 Å². The van der Waals surface area contributed by atoms with Crippen molar-refractivity contribution in [1.82, 2.24) is 0 Å². The van der Waals surface area contributed by atoms with Crippen LogP contribution in [0.15, 0.2) is 18.2 Å². The van der Waals surface area contributed by atoms with Crippen LogP contribution in [0.5, 0.6) is 5.75 Å². The van der Waals surface area contributed by atoms with Crippen molar-refractivity contribution in [3.05, 3.63) is 29.3 Å². The van der Waals surface area contributed by atoms with E-state index in [0.717, 1.165) is 31.4 Å². The maximum atomic E-state index is 6.22. The molecule has 0 fully saturated rings. The number of hydrogen-bond acceptors (Lipinski definition) is 1. The Morgan fingerprint density at radius 3 is 2.71 bits per heavy atom. The van der Waals surface area contributed by atoms with Crippen molar-refractivity contribution in [3.63, 3.8) is 0 Å². The lowest BCUT2D eigenvalue weighted by Gasteiger charge is -2.11. The molecular weight excluding hydrogens is 232 g/mol. The molecule has 1 unspecified atom stereocenters. The molecular formula is C15H23ClO. The molecule has 1 atom stereocenters. The van der Waals surface area contributed by atoms with E-state index in [1.807, 2.05) is 0 Å². The van der Waals surface area contributed by atoms with Gasteiger partial charge in [-0.15, -0.1) is 11.6 Å². The summed E-state index contributed by atoms with van der Waals surface area (Å²) < 4.78 is 5.37. The summed E-state index contributed by atoms with van der Waals surface area (Å²) in [4.78, 5) is 0. The highest BCUT2D eigenvalue weighted by molar-refractivity contribution is 6.20. The number of aryl methyl sites for hydroxylation is 2. The van der Waals surface area contributed by atoms with E-state index in [2.05, 4.69) is 32.0 Å². The molecule has 0 bridgehead atoms. The summed E-state index contributed by atoms with van der Waals surface area (Å²) in [6.45, 7) is 4.29. The number of hydrogen-bond donors (Lipinski definition) is 0. The van der Waals surface area contributed by atoms with Gasteiger partial charge in [-0.05, 0) is 44.2 Å². The molecule has 0 aliphatic heterocycles. The zero-order valence-corrected chi connectivity index (χ0v) is 11.9. The van der Waals surface area contributed by atoms with E-state index in [1.54, 1.807) is 7.11 Å². The molecule has 0 saturated carbocycles. The predicted octanol–water partition coefficient (Wildman–Crippen LogP) is 4.73. The molecule has 1 nitrogen and oxygen atoms in total. The van der Waals surface area contributed by atoms with Gasteiger partial charge >= 0.3 is 0 Å². The average Bonchev–Trinajstić information content (AvgIpc) is 2.30. The van der Waals surface area contributed by atoms with Gasteiger partial charge in [-0.2, -0.15) is 0 Å². The van der Waals surface area contributed by atoms with Gasteiger partial charge in [-0.3, -0.25) is 0 Å². The van der Waals surface area contributed by atoms with E-state index in [1.165, 1.54) is 17.5 Å². The highest BCUT2D eigenvalue weighted by Gasteiger charge is 2.06. The van der Waals surface area contributed by atoms with E-state index in [4.69, 9.17) is 16.3 Å². The summed E-state index contributed by atoms with van der Waals surface area (Å²) in [6, 6.07) is 6.35. The number of ether oxygens (including phenoxy) is 1. The van der Waals surface area contributed by atoms with Crippen LogP contribution in [0, 0.1) is 6.92 Å². The van der Waals surface area contributed by atoms with Crippen molar-refractivity contribution in [2.45, 2.75) is 51.3 Å². The van der Waals surface area contributed by atoms with Crippen molar-refractivity contribution >= 4 is 11.6 Å². The number of benzene rings is 1. The van der Waals surface area contributed by atoms with Crippen LogP contribution in [-0.4, -0.2) is 12.5 Å². The SMILES string of the molecule is CCCC(Cl)CCCc1cc(C)ccc1OC. The Bertz CT molecular complexity index is 336. The smallest absolute Gasteiger partial charge is 0.122 e. The number of alkyl halides is 1. The average molecular weight is 255 g/mol. The Balaban J connectivity index is 2.48. The van der Waals surface area contributed by atoms with Crippen LogP contribution < -0.4 is 4.74 Å². The summed E-state index contributed by atoms with van der Waals surface area (Å²) in [5.74, 6) is 0.997. The fraction of sp³-hybridized carbons (Fsp3) is 0.600. The fourth-order valence-electron chi connectivity index (χ4n) is 2.07.